The minimum atomic E-state index is -5.10. The molecule has 3 rings (SSSR count). The lowest BCUT2D eigenvalue weighted by Crippen LogP contribution is -2.54. The van der Waals surface area contributed by atoms with Crippen molar-refractivity contribution in [1.29, 1.82) is 0 Å². The lowest BCUT2D eigenvalue weighted by molar-refractivity contribution is -0.143. The van der Waals surface area contributed by atoms with Gasteiger partial charge in [0.25, 0.3) is 5.91 Å². The smallest absolute Gasteiger partial charge is 0.333 e. The van der Waals surface area contributed by atoms with Crippen molar-refractivity contribution < 1.29 is 44.3 Å². The summed E-state index contributed by atoms with van der Waals surface area (Å²) in [5, 5.41) is 2.96. The zero-order chi connectivity index (χ0) is 24.6. The van der Waals surface area contributed by atoms with Crippen LogP contribution < -0.4 is 5.32 Å². The largest absolute Gasteiger partial charge is 0.416 e. The van der Waals surface area contributed by atoms with E-state index in [9.17, 15) is 44.3 Å². The van der Waals surface area contributed by atoms with Crippen LogP contribution in [-0.2, 0) is 24.9 Å². The molecule has 0 radical (unpaired) electrons. The fourth-order valence-electron chi connectivity index (χ4n) is 3.56. The van der Waals surface area contributed by atoms with E-state index in [1.165, 1.54) is 12.1 Å². The molecule has 1 amide bonds. The number of halogens is 9. The molecule has 1 saturated heterocycles. The van der Waals surface area contributed by atoms with Crippen LogP contribution in [0.3, 0.4) is 0 Å². The van der Waals surface area contributed by atoms with Gasteiger partial charge in [-0.2, -0.15) is 39.5 Å². The molecule has 0 aliphatic carbocycles. The number of piperazine rings is 1. The van der Waals surface area contributed by atoms with Crippen molar-refractivity contribution >= 4 is 5.91 Å². The van der Waals surface area contributed by atoms with E-state index in [2.05, 4.69) is 5.32 Å². The molecule has 1 aliphatic rings. The number of benzene rings is 2. The van der Waals surface area contributed by atoms with E-state index in [1.807, 2.05) is 0 Å². The molecule has 1 atom stereocenters. The quantitative estimate of drug-likeness (QED) is 0.592. The topological polar surface area (TPSA) is 32.3 Å². The van der Waals surface area contributed by atoms with E-state index >= 15 is 0 Å². The number of nitrogens with zero attached hydrogens (tertiary/aromatic N) is 1. The highest BCUT2D eigenvalue weighted by molar-refractivity contribution is 5.95. The summed E-state index contributed by atoms with van der Waals surface area (Å²) in [4.78, 5) is 14.1. The summed E-state index contributed by atoms with van der Waals surface area (Å²) < 4.78 is 117. The summed E-state index contributed by atoms with van der Waals surface area (Å²) in [6, 6.07) is 4.14. The van der Waals surface area contributed by atoms with E-state index in [4.69, 9.17) is 0 Å². The first-order valence-electron chi connectivity index (χ1n) is 9.63. The number of hydrogen-bond acceptors (Lipinski definition) is 2. The second-order valence-corrected chi connectivity index (χ2v) is 7.55. The third kappa shape index (κ3) is 5.98. The molecular formula is C21H17F9N2O. The Morgan fingerprint density at radius 2 is 1.33 bits per heavy atom. The highest BCUT2D eigenvalue weighted by Crippen LogP contribution is 2.37. The van der Waals surface area contributed by atoms with Crippen LogP contribution in [0.1, 0.15) is 32.6 Å². The van der Waals surface area contributed by atoms with Gasteiger partial charge in [0.15, 0.2) is 0 Å². The molecule has 33 heavy (non-hydrogen) atoms. The minimum Gasteiger partial charge on any atom is -0.333 e. The first-order chi connectivity index (χ1) is 15.2. The van der Waals surface area contributed by atoms with Crippen molar-refractivity contribution in [3.63, 3.8) is 0 Å². The Labute approximate surface area is 182 Å². The molecule has 180 valence electrons. The summed E-state index contributed by atoms with van der Waals surface area (Å²) in [7, 11) is 0. The van der Waals surface area contributed by atoms with E-state index in [-0.39, 0.29) is 32.1 Å². The van der Waals surface area contributed by atoms with Crippen molar-refractivity contribution in [2.75, 3.05) is 19.6 Å². The Morgan fingerprint density at radius 1 is 0.818 bits per heavy atom. The summed E-state index contributed by atoms with van der Waals surface area (Å²) in [6.45, 7) is 0.417. The average molecular weight is 484 g/mol. The fourth-order valence-corrected chi connectivity index (χ4v) is 3.56. The van der Waals surface area contributed by atoms with Gasteiger partial charge in [-0.15, -0.1) is 0 Å². The number of hydrogen-bond donors (Lipinski definition) is 1. The van der Waals surface area contributed by atoms with Crippen LogP contribution in [0.2, 0.25) is 0 Å². The molecule has 2 aromatic carbocycles. The third-order valence-electron chi connectivity index (χ3n) is 5.20. The number of rotatable bonds is 3. The second kappa shape index (κ2) is 8.88. The van der Waals surface area contributed by atoms with Crippen molar-refractivity contribution in [2.24, 2.45) is 0 Å². The van der Waals surface area contributed by atoms with Crippen molar-refractivity contribution in [3.05, 3.63) is 70.3 Å². The molecule has 1 fully saturated rings. The number of carbonyl (C=O) groups excluding carboxylic acids is 1. The van der Waals surface area contributed by atoms with Gasteiger partial charge in [0, 0.05) is 31.2 Å². The van der Waals surface area contributed by atoms with Crippen molar-refractivity contribution in [3.8, 4) is 0 Å². The number of nitrogens with one attached hydrogen (secondary N) is 1. The molecule has 1 heterocycles. The second-order valence-electron chi connectivity index (χ2n) is 7.55. The molecular weight excluding hydrogens is 467 g/mol. The normalized spacial score (nSPS) is 17.8. The molecule has 0 aromatic heterocycles. The molecule has 1 N–H and O–H groups in total. The predicted octanol–water partition coefficient (Wildman–Crippen LogP) is 5.40. The monoisotopic (exact) mass is 484 g/mol. The van der Waals surface area contributed by atoms with Gasteiger partial charge >= 0.3 is 18.5 Å². The van der Waals surface area contributed by atoms with E-state index in [0.29, 0.717) is 17.7 Å². The molecule has 2 aromatic rings. The minimum absolute atomic E-state index is 0.00172. The lowest BCUT2D eigenvalue weighted by Gasteiger charge is -2.36. The van der Waals surface area contributed by atoms with Crippen LogP contribution in [0.15, 0.2) is 42.5 Å². The maximum Gasteiger partial charge on any atom is 0.416 e. The van der Waals surface area contributed by atoms with Gasteiger partial charge in [0.2, 0.25) is 0 Å². The summed E-state index contributed by atoms with van der Waals surface area (Å²) in [5.41, 5.74) is -4.42. The van der Waals surface area contributed by atoms with Crippen LogP contribution in [0.4, 0.5) is 39.5 Å². The van der Waals surface area contributed by atoms with Crippen LogP contribution >= 0.6 is 0 Å². The molecule has 1 aliphatic heterocycles. The molecule has 0 saturated carbocycles. The maximum atomic E-state index is 13.1. The van der Waals surface area contributed by atoms with Gasteiger partial charge in [-0.25, -0.2) is 0 Å². The van der Waals surface area contributed by atoms with Gasteiger partial charge in [-0.05, 0) is 42.3 Å². The zero-order valence-corrected chi connectivity index (χ0v) is 16.7. The highest BCUT2D eigenvalue weighted by Gasteiger charge is 2.38. The van der Waals surface area contributed by atoms with Crippen molar-refractivity contribution in [1.82, 2.24) is 10.2 Å². The van der Waals surface area contributed by atoms with Crippen LogP contribution in [-0.4, -0.2) is 36.5 Å². The number of carbonyl (C=O) groups is 1. The Kier molecular flexibility index (Phi) is 6.69. The predicted molar refractivity (Wildman–Crippen MR) is 99.3 cm³/mol. The summed E-state index contributed by atoms with van der Waals surface area (Å²) >= 11 is 0. The van der Waals surface area contributed by atoms with Gasteiger partial charge in [0.1, 0.15) is 0 Å². The first kappa shape index (κ1) is 24.9. The average Bonchev–Trinajstić information content (AvgIpc) is 2.72. The molecule has 3 nitrogen and oxygen atoms in total. The van der Waals surface area contributed by atoms with Crippen molar-refractivity contribution in [2.45, 2.75) is 31.0 Å². The Bertz CT molecular complexity index is 963. The lowest BCUT2D eigenvalue weighted by atomic mass is 9.99. The van der Waals surface area contributed by atoms with E-state index in [0.717, 1.165) is 17.0 Å². The Hall–Kier alpha value is -2.76. The molecule has 0 bridgehead atoms. The van der Waals surface area contributed by atoms with Gasteiger partial charge in [-0.1, -0.05) is 12.1 Å². The highest BCUT2D eigenvalue weighted by atomic mass is 19.4. The third-order valence-corrected chi connectivity index (χ3v) is 5.20. The fraction of sp³-hybridized carbons (Fsp3) is 0.381. The molecule has 0 spiro atoms. The molecule has 1 unspecified atom stereocenters. The van der Waals surface area contributed by atoms with Gasteiger partial charge < -0.3 is 10.2 Å². The number of amides is 1. The standard InChI is InChI=1S/C21H17F9N2O/c22-19(23,24)14-3-1-12(2-4-14)7-17-11-31-5-6-32(17)18(33)13-8-15(20(25,26)27)10-16(9-13)21(28,29)30/h1-4,8-10,17,31H,5-7,11H2. The van der Waals surface area contributed by atoms with Crippen LogP contribution in [0.5, 0.6) is 0 Å². The SMILES string of the molecule is O=C(c1cc(C(F)(F)F)cc(C(F)(F)F)c1)N1CCNCC1Cc1ccc(C(F)(F)F)cc1. The van der Waals surface area contributed by atoms with E-state index < -0.39 is 52.7 Å². The zero-order valence-electron chi connectivity index (χ0n) is 16.7. The summed E-state index contributed by atoms with van der Waals surface area (Å²) in [6.07, 6.45) is -14.7. The maximum absolute atomic E-state index is 13.1. The van der Waals surface area contributed by atoms with Gasteiger partial charge in [0.05, 0.1) is 16.7 Å². The van der Waals surface area contributed by atoms with E-state index in [1.54, 1.807) is 0 Å². The van der Waals surface area contributed by atoms with Crippen LogP contribution in [0.25, 0.3) is 0 Å². The number of alkyl halides is 9. The molecule has 12 heteroatoms. The van der Waals surface area contributed by atoms with Gasteiger partial charge in [-0.3, -0.25) is 4.79 Å². The summed E-state index contributed by atoms with van der Waals surface area (Å²) in [5.74, 6) is -1.02. The Morgan fingerprint density at radius 3 is 1.82 bits per heavy atom. The Balaban J connectivity index is 1.90. The van der Waals surface area contributed by atoms with Crippen LogP contribution in [0, 0.1) is 0 Å². The first-order valence-corrected chi connectivity index (χ1v) is 9.63.